The van der Waals surface area contributed by atoms with E-state index >= 15 is 13.2 Å². The fourth-order valence-corrected chi connectivity index (χ4v) is 9.63. The van der Waals surface area contributed by atoms with Gasteiger partial charge in [-0.15, -0.1) is 0 Å². The molecule has 0 aromatic heterocycles. The SMILES string of the molecule is CC(C)N1C=C(C2(C3=C(CN(C)C(C)C)N(C(C)C)CCC34CCCC4)CCC2)C(C(C)(C)C)C(C(C)(CCN(C)C(C)C)C(F)(F)F)=C1. The van der Waals surface area contributed by atoms with Crippen LogP contribution in [-0.4, -0.2) is 83.7 Å². The number of halogens is 3. The highest BCUT2D eigenvalue weighted by Gasteiger charge is 2.62. The number of rotatable bonds is 12. The van der Waals surface area contributed by atoms with Crippen molar-refractivity contribution in [1.82, 2.24) is 19.6 Å². The van der Waals surface area contributed by atoms with Crippen LogP contribution in [0.2, 0.25) is 0 Å². The third kappa shape index (κ3) is 7.55. The van der Waals surface area contributed by atoms with E-state index in [9.17, 15) is 0 Å². The zero-order valence-corrected chi connectivity index (χ0v) is 33.9. The van der Waals surface area contributed by atoms with Crippen molar-refractivity contribution in [3.63, 3.8) is 0 Å². The second-order valence-corrected chi connectivity index (χ2v) is 19.0. The summed E-state index contributed by atoms with van der Waals surface area (Å²) in [6.07, 6.45) is 9.20. The Balaban J connectivity index is 2.05. The number of hydrogen-bond acceptors (Lipinski definition) is 4. The van der Waals surface area contributed by atoms with Gasteiger partial charge in [0.15, 0.2) is 0 Å². The van der Waals surface area contributed by atoms with Gasteiger partial charge in [0.2, 0.25) is 0 Å². The molecule has 0 aromatic carbocycles. The fourth-order valence-electron chi connectivity index (χ4n) is 9.63. The molecule has 2 aliphatic heterocycles. The van der Waals surface area contributed by atoms with Gasteiger partial charge in [0.25, 0.3) is 0 Å². The number of hydrogen-bond donors (Lipinski definition) is 0. The van der Waals surface area contributed by atoms with E-state index in [4.69, 9.17) is 0 Å². The molecule has 282 valence electrons. The quantitative estimate of drug-likeness (QED) is 0.202. The van der Waals surface area contributed by atoms with Gasteiger partial charge in [-0.05, 0) is 149 Å². The van der Waals surface area contributed by atoms with Gasteiger partial charge in [-0.3, -0.25) is 4.90 Å². The van der Waals surface area contributed by atoms with Crippen LogP contribution in [0.5, 0.6) is 0 Å². The molecule has 0 N–H and O–H groups in total. The van der Waals surface area contributed by atoms with Gasteiger partial charge in [0, 0.05) is 66.7 Å². The molecule has 4 rings (SSSR count). The highest BCUT2D eigenvalue weighted by molar-refractivity contribution is 5.48. The van der Waals surface area contributed by atoms with Crippen molar-refractivity contribution in [3.8, 4) is 0 Å². The monoisotopic (exact) mass is 691 g/mol. The molecule has 0 bridgehead atoms. The van der Waals surface area contributed by atoms with Crippen LogP contribution in [-0.2, 0) is 0 Å². The van der Waals surface area contributed by atoms with E-state index in [1.54, 1.807) is 5.57 Å². The van der Waals surface area contributed by atoms with Gasteiger partial charge in [-0.25, -0.2) is 0 Å². The Hall–Kier alpha value is -1.47. The lowest BCUT2D eigenvalue weighted by Gasteiger charge is -2.61. The minimum atomic E-state index is -4.38. The smallest absolute Gasteiger partial charge is 0.371 e. The predicted molar refractivity (Wildman–Crippen MR) is 201 cm³/mol. The third-order valence-corrected chi connectivity index (χ3v) is 13.5. The van der Waals surface area contributed by atoms with Crippen LogP contribution in [0, 0.1) is 27.6 Å². The van der Waals surface area contributed by atoms with Gasteiger partial charge in [-0.1, -0.05) is 40.0 Å². The first-order valence-corrected chi connectivity index (χ1v) is 19.7. The third-order valence-electron chi connectivity index (χ3n) is 13.5. The number of nitrogens with zero attached hydrogens (tertiary/aromatic N) is 4. The van der Waals surface area contributed by atoms with Gasteiger partial charge in [-0.2, -0.15) is 13.2 Å². The van der Waals surface area contributed by atoms with E-state index in [-0.39, 0.29) is 35.3 Å². The van der Waals surface area contributed by atoms with E-state index in [1.165, 1.54) is 43.9 Å². The summed E-state index contributed by atoms with van der Waals surface area (Å²) < 4.78 is 47.5. The summed E-state index contributed by atoms with van der Waals surface area (Å²) in [5, 5.41) is 0. The van der Waals surface area contributed by atoms with E-state index in [0.29, 0.717) is 24.2 Å². The lowest BCUT2D eigenvalue weighted by molar-refractivity contribution is -0.210. The maximum Gasteiger partial charge on any atom is 0.397 e. The highest BCUT2D eigenvalue weighted by atomic mass is 19.4. The number of likely N-dealkylation sites (N-methyl/N-ethyl adjacent to an activating group) is 1. The molecule has 2 fully saturated rings. The van der Waals surface area contributed by atoms with Crippen LogP contribution in [0.15, 0.2) is 34.8 Å². The van der Waals surface area contributed by atoms with Crippen molar-refractivity contribution in [2.75, 3.05) is 33.7 Å². The Bertz CT molecular complexity index is 1240. The maximum absolute atomic E-state index is 15.8. The molecule has 49 heavy (non-hydrogen) atoms. The lowest BCUT2D eigenvalue weighted by Crippen LogP contribution is -2.54. The fraction of sp³-hybridized carbons (Fsp3) is 0.857. The van der Waals surface area contributed by atoms with Crippen LogP contribution in [0.4, 0.5) is 13.2 Å². The standard InChI is InChI=1S/C42H73F3N4/c1-29(2)46(13)24-22-39(12,42(43,44)45)33-26-48(31(5)6)27-34(36(33)38(9,10)11)41(20-17-21-41)37-35(28-47(14)30(3)4)49(32(7)8)25-23-40(37)18-15-16-19-40/h26-27,29-32,36H,15-25,28H2,1-14H3. The van der Waals surface area contributed by atoms with E-state index in [1.807, 2.05) is 13.2 Å². The van der Waals surface area contributed by atoms with Gasteiger partial charge < -0.3 is 14.7 Å². The summed E-state index contributed by atoms with van der Waals surface area (Å²) >= 11 is 0. The van der Waals surface area contributed by atoms with Crippen molar-refractivity contribution in [2.45, 2.75) is 171 Å². The summed E-state index contributed by atoms with van der Waals surface area (Å²) in [6, 6.07) is 1.01. The van der Waals surface area contributed by atoms with Crippen molar-refractivity contribution in [1.29, 1.82) is 0 Å². The maximum atomic E-state index is 15.8. The molecule has 2 saturated carbocycles. The van der Waals surface area contributed by atoms with Crippen LogP contribution >= 0.6 is 0 Å². The van der Waals surface area contributed by atoms with Crippen LogP contribution in [0.3, 0.4) is 0 Å². The van der Waals surface area contributed by atoms with Crippen molar-refractivity contribution < 1.29 is 13.2 Å². The Kier molecular flexibility index (Phi) is 11.9. The molecule has 0 amide bonds. The molecule has 2 heterocycles. The average molecular weight is 691 g/mol. The van der Waals surface area contributed by atoms with Gasteiger partial charge in [0.1, 0.15) is 0 Å². The second-order valence-electron chi connectivity index (χ2n) is 19.0. The molecule has 0 radical (unpaired) electrons. The number of allylic oxidation sites excluding steroid dienone is 3. The molecule has 2 atom stereocenters. The molecule has 0 aromatic rings. The average Bonchev–Trinajstić information content (AvgIpc) is 3.43. The highest BCUT2D eigenvalue weighted by Crippen LogP contribution is 2.69. The predicted octanol–water partition coefficient (Wildman–Crippen LogP) is 10.9. The Morgan fingerprint density at radius 1 is 0.776 bits per heavy atom. The van der Waals surface area contributed by atoms with Crippen LogP contribution < -0.4 is 0 Å². The molecular formula is C42H73F3N4. The summed E-state index contributed by atoms with van der Waals surface area (Å²) in [5.74, 6) is -0.316. The van der Waals surface area contributed by atoms with Gasteiger partial charge in [0.05, 0.1) is 5.41 Å². The van der Waals surface area contributed by atoms with E-state index in [0.717, 1.165) is 38.8 Å². The minimum Gasteiger partial charge on any atom is -0.371 e. The molecule has 4 nitrogen and oxygen atoms in total. The minimum absolute atomic E-state index is 0.0496. The van der Waals surface area contributed by atoms with E-state index < -0.39 is 17.0 Å². The molecule has 2 unspecified atom stereocenters. The van der Waals surface area contributed by atoms with Crippen LogP contribution in [0.25, 0.3) is 0 Å². The van der Waals surface area contributed by atoms with Crippen molar-refractivity contribution >= 4 is 0 Å². The van der Waals surface area contributed by atoms with E-state index in [2.05, 4.69) is 109 Å². The Labute approximate surface area is 299 Å². The largest absolute Gasteiger partial charge is 0.397 e. The van der Waals surface area contributed by atoms with Crippen molar-refractivity contribution in [3.05, 3.63) is 34.8 Å². The van der Waals surface area contributed by atoms with Gasteiger partial charge >= 0.3 is 6.18 Å². The molecular weight excluding hydrogens is 617 g/mol. The normalized spacial score (nSPS) is 24.6. The Morgan fingerprint density at radius 3 is 1.78 bits per heavy atom. The molecule has 4 aliphatic rings. The Morgan fingerprint density at radius 2 is 1.35 bits per heavy atom. The lowest BCUT2D eigenvalue weighted by atomic mass is 9.47. The first kappa shape index (κ1) is 40.3. The summed E-state index contributed by atoms with van der Waals surface area (Å²) in [5.41, 5.74) is 2.47. The summed E-state index contributed by atoms with van der Waals surface area (Å²) in [7, 11) is 4.21. The zero-order valence-electron chi connectivity index (χ0n) is 33.9. The second kappa shape index (κ2) is 14.5. The summed E-state index contributed by atoms with van der Waals surface area (Å²) in [6.45, 7) is 28.1. The number of alkyl halides is 3. The first-order valence-electron chi connectivity index (χ1n) is 19.7. The zero-order chi connectivity index (χ0) is 36.9. The molecule has 7 heteroatoms. The first-order chi connectivity index (χ1) is 22.5. The topological polar surface area (TPSA) is 13.0 Å². The summed E-state index contributed by atoms with van der Waals surface area (Å²) in [4.78, 5) is 9.40. The molecule has 1 spiro atoms. The van der Waals surface area contributed by atoms with Crippen LogP contribution in [0.1, 0.15) is 141 Å². The molecule has 0 saturated heterocycles. The van der Waals surface area contributed by atoms with Crippen molar-refractivity contribution in [2.24, 2.45) is 27.6 Å². The molecule has 2 aliphatic carbocycles.